The molecule has 1 saturated heterocycles. The maximum atomic E-state index is 12.2. The lowest BCUT2D eigenvalue weighted by Gasteiger charge is -2.20. The van der Waals surface area contributed by atoms with Crippen LogP contribution in [0.5, 0.6) is 5.75 Å². The van der Waals surface area contributed by atoms with Crippen molar-refractivity contribution in [3.8, 4) is 5.75 Å². The van der Waals surface area contributed by atoms with E-state index in [0.29, 0.717) is 18.8 Å². The highest BCUT2D eigenvalue weighted by Gasteiger charge is 2.28. The molecule has 0 saturated carbocycles. The van der Waals surface area contributed by atoms with E-state index in [9.17, 15) is 8.42 Å². The average Bonchev–Trinajstić information content (AvgIpc) is 3.14. The lowest BCUT2D eigenvalue weighted by atomic mass is 10.2. The molecule has 0 amide bonds. The summed E-state index contributed by atoms with van der Waals surface area (Å²) in [5.74, 6) is 0.844. The topological polar surface area (TPSA) is 76.7 Å². The van der Waals surface area contributed by atoms with Gasteiger partial charge in [0.2, 0.25) is 10.0 Å². The second-order valence-corrected chi connectivity index (χ2v) is 10.3. The minimum absolute atomic E-state index is 0.146. The molecule has 0 radical (unpaired) electrons. The molecule has 0 spiro atoms. The van der Waals surface area contributed by atoms with Crippen LogP contribution in [0.15, 0.2) is 48.5 Å². The van der Waals surface area contributed by atoms with Gasteiger partial charge in [0, 0.05) is 24.3 Å². The first-order chi connectivity index (χ1) is 13.2. The molecule has 6 nitrogen and oxygen atoms in total. The maximum Gasteiger partial charge on any atom is 0.237 e. The lowest BCUT2D eigenvalue weighted by Crippen LogP contribution is -2.33. The molecule has 1 aliphatic rings. The van der Waals surface area contributed by atoms with Gasteiger partial charge < -0.3 is 14.8 Å². The smallest absolute Gasteiger partial charge is 0.237 e. The molecule has 7 heteroatoms. The Labute approximate surface area is 167 Å². The summed E-state index contributed by atoms with van der Waals surface area (Å²) in [5, 5.41) is 3.35. The van der Waals surface area contributed by atoms with Crippen molar-refractivity contribution in [2.75, 3.05) is 23.3 Å². The van der Waals surface area contributed by atoms with Gasteiger partial charge in [-0.15, -0.1) is 0 Å². The van der Waals surface area contributed by atoms with Gasteiger partial charge in [-0.3, -0.25) is 4.72 Å². The van der Waals surface area contributed by atoms with Gasteiger partial charge in [-0.1, -0.05) is 12.1 Å². The van der Waals surface area contributed by atoms with E-state index in [1.807, 2.05) is 36.4 Å². The molecule has 152 valence electrons. The molecule has 1 aliphatic heterocycles. The second-order valence-electron chi connectivity index (χ2n) is 7.90. The summed E-state index contributed by atoms with van der Waals surface area (Å²) in [4.78, 5) is 0. The summed E-state index contributed by atoms with van der Waals surface area (Å²) in [6.45, 7) is 7.08. The Kier molecular flexibility index (Phi) is 6.15. The molecule has 2 N–H and O–H groups in total. The molecule has 0 aromatic heterocycles. The number of hydrogen-bond acceptors (Lipinski definition) is 5. The number of hydrogen-bond donors (Lipinski definition) is 2. The monoisotopic (exact) mass is 404 g/mol. The van der Waals surface area contributed by atoms with Crippen LogP contribution in [0.4, 0.5) is 11.4 Å². The van der Waals surface area contributed by atoms with Crippen LogP contribution in [0.1, 0.15) is 32.8 Å². The summed E-state index contributed by atoms with van der Waals surface area (Å²) in [5.41, 5.74) is 2.62. The number of ether oxygens (including phenoxy) is 2. The van der Waals surface area contributed by atoms with Crippen LogP contribution < -0.4 is 14.8 Å². The van der Waals surface area contributed by atoms with Crippen LogP contribution in [0.2, 0.25) is 0 Å². The van der Waals surface area contributed by atoms with Crippen molar-refractivity contribution in [3.63, 3.8) is 0 Å². The fourth-order valence-corrected chi connectivity index (χ4v) is 3.41. The van der Waals surface area contributed by atoms with E-state index in [-0.39, 0.29) is 6.10 Å². The quantitative estimate of drug-likeness (QED) is 0.729. The Morgan fingerprint density at radius 3 is 2.25 bits per heavy atom. The standard InChI is InChI=1S/C21H28N2O4S/c1-21(2,3)28(24,25)23-18-6-4-16(5-7-18)14-22-17-8-10-19(11-9-17)27-20-12-13-26-15-20/h4-11,20,22-23H,12-15H2,1-3H3. The van der Waals surface area contributed by atoms with Crippen molar-refractivity contribution >= 4 is 21.4 Å². The van der Waals surface area contributed by atoms with Crippen molar-refractivity contribution in [3.05, 3.63) is 54.1 Å². The Hall–Kier alpha value is -2.25. The Balaban J connectivity index is 1.52. The van der Waals surface area contributed by atoms with Crippen molar-refractivity contribution in [1.29, 1.82) is 0 Å². The van der Waals surface area contributed by atoms with Crippen molar-refractivity contribution < 1.29 is 17.9 Å². The van der Waals surface area contributed by atoms with Crippen LogP contribution in [0.25, 0.3) is 0 Å². The van der Waals surface area contributed by atoms with Crippen LogP contribution >= 0.6 is 0 Å². The number of anilines is 2. The first-order valence-electron chi connectivity index (χ1n) is 9.43. The van der Waals surface area contributed by atoms with Crippen LogP contribution in [-0.2, 0) is 21.3 Å². The minimum atomic E-state index is -3.42. The zero-order valence-corrected chi connectivity index (χ0v) is 17.4. The van der Waals surface area contributed by atoms with E-state index in [2.05, 4.69) is 10.0 Å². The molecule has 0 bridgehead atoms. The number of benzene rings is 2. The van der Waals surface area contributed by atoms with Crippen LogP contribution in [0.3, 0.4) is 0 Å². The van der Waals surface area contributed by atoms with E-state index in [1.165, 1.54) is 0 Å². The average molecular weight is 405 g/mol. The highest BCUT2D eigenvalue weighted by Crippen LogP contribution is 2.22. The normalized spacial score (nSPS) is 17.3. The van der Waals surface area contributed by atoms with Crippen LogP contribution in [0, 0.1) is 0 Å². The van der Waals surface area contributed by atoms with Gasteiger partial charge >= 0.3 is 0 Å². The molecule has 3 rings (SSSR count). The van der Waals surface area contributed by atoms with Crippen LogP contribution in [-0.4, -0.2) is 32.5 Å². The molecule has 2 aromatic rings. The summed E-state index contributed by atoms with van der Waals surface area (Å²) in [7, 11) is -3.42. The molecule has 1 unspecified atom stereocenters. The first-order valence-corrected chi connectivity index (χ1v) is 10.9. The van der Waals surface area contributed by atoms with Gasteiger partial charge in [0.15, 0.2) is 0 Å². The largest absolute Gasteiger partial charge is 0.488 e. The first kappa shape index (κ1) is 20.5. The molecule has 1 atom stereocenters. The van der Waals surface area contributed by atoms with Gasteiger partial charge in [0.05, 0.1) is 18.0 Å². The second kappa shape index (κ2) is 8.41. The minimum Gasteiger partial charge on any atom is -0.488 e. The fraction of sp³-hybridized carbons (Fsp3) is 0.429. The molecular weight excluding hydrogens is 376 g/mol. The zero-order chi connectivity index (χ0) is 20.2. The highest BCUT2D eigenvalue weighted by molar-refractivity contribution is 7.94. The Bertz CT molecular complexity index is 866. The highest BCUT2D eigenvalue weighted by atomic mass is 32.2. The fourth-order valence-electron chi connectivity index (χ4n) is 2.65. The number of rotatable bonds is 7. The van der Waals surface area contributed by atoms with E-state index in [0.717, 1.165) is 30.0 Å². The Morgan fingerprint density at radius 1 is 1.04 bits per heavy atom. The Morgan fingerprint density at radius 2 is 1.68 bits per heavy atom. The molecule has 0 aliphatic carbocycles. The van der Waals surface area contributed by atoms with Gasteiger partial charge in [-0.25, -0.2) is 8.42 Å². The van der Waals surface area contributed by atoms with E-state index in [4.69, 9.17) is 9.47 Å². The summed E-state index contributed by atoms with van der Waals surface area (Å²) < 4.78 is 37.4. The van der Waals surface area contributed by atoms with Gasteiger partial charge in [-0.2, -0.15) is 0 Å². The SMILES string of the molecule is CC(C)(C)S(=O)(=O)Nc1ccc(CNc2ccc(OC3CCOC3)cc2)cc1. The third kappa shape index (κ3) is 5.39. The predicted octanol–water partition coefficient (Wildman–Crippen LogP) is 4.01. The summed E-state index contributed by atoms with van der Waals surface area (Å²) in [6.07, 6.45) is 1.08. The molecule has 1 fully saturated rings. The summed E-state index contributed by atoms with van der Waals surface area (Å²) >= 11 is 0. The third-order valence-electron chi connectivity index (χ3n) is 4.55. The van der Waals surface area contributed by atoms with Gasteiger partial charge in [0.1, 0.15) is 11.9 Å². The summed E-state index contributed by atoms with van der Waals surface area (Å²) in [6, 6.07) is 15.2. The number of sulfonamides is 1. The van der Waals surface area contributed by atoms with Crippen molar-refractivity contribution in [2.24, 2.45) is 0 Å². The van der Waals surface area contributed by atoms with Crippen molar-refractivity contribution in [1.82, 2.24) is 0 Å². The molecule has 1 heterocycles. The van der Waals surface area contributed by atoms with E-state index < -0.39 is 14.8 Å². The van der Waals surface area contributed by atoms with E-state index in [1.54, 1.807) is 32.9 Å². The zero-order valence-electron chi connectivity index (χ0n) is 16.6. The van der Waals surface area contributed by atoms with Crippen molar-refractivity contribution in [2.45, 2.75) is 44.6 Å². The maximum absolute atomic E-state index is 12.2. The lowest BCUT2D eigenvalue weighted by molar-refractivity contribution is 0.141. The number of nitrogens with one attached hydrogen (secondary N) is 2. The molecular formula is C21H28N2O4S. The molecule has 28 heavy (non-hydrogen) atoms. The van der Waals surface area contributed by atoms with E-state index >= 15 is 0 Å². The third-order valence-corrected chi connectivity index (χ3v) is 6.67. The predicted molar refractivity (Wildman–Crippen MR) is 112 cm³/mol. The molecule has 2 aromatic carbocycles. The van der Waals surface area contributed by atoms with Gasteiger partial charge in [-0.05, 0) is 62.7 Å². The van der Waals surface area contributed by atoms with Gasteiger partial charge in [0.25, 0.3) is 0 Å².